The van der Waals surface area contributed by atoms with Crippen LogP contribution in [0.15, 0.2) is 10.7 Å². The van der Waals surface area contributed by atoms with Gasteiger partial charge in [-0.2, -0.15) is 4.52 Å². The lowest BCUT2D eigenvalue weighted by molar-refractivity contribution is 0.428. The Morgan fingerprint density at radius 2 is 2.33 bits per heavy atom. The van der Waals surface area contributed by atoms with Crippen molar-refractivity contribution in [2.24, 2.45) is 0 Å². The number of hydrogen-bond acceptors (Lipinski definition) is 4. The van der Waals surface area contributed by atoms with E-state index in [2.05, 4.69) is 31.2 Å². The van der Waals surface area contributed by atoms with Crippen molar-refractivity contribution < 1.29 is 5.11 Å². The van der Waals surface area contributed by atoms with E-state index < -0.39 is 0 Å². The average Bonchev–Trinajstić information content (AvgIpc) is 2.48. The molecule has 0 aliphatic heterocycles. The van der Waals surface area contributed by atoms with E-state index in [0.29, 0.717) is 15.8 Å². The van der Waals surface area contributed by atoms with Crippen molar-refractivity contribution in [2.45, 2.75) is 6.92 Å². The van der Waals surface area contributed by atoms with Gasteiger partial charge in [0.2, 0.25) is 5.88 Å². The number of rotatable bonds is 0. The zero-order chi connectivity index (χ0) is 8.72. The summed E-state index contributed by atoms with van der Waals surface area (Å²) in [6.07, 6.45) is 1.49. The lowest BCUT2D eigenvalue weighted by Crippen LogP contribution is -1.95. The molecule has 0 aliphatic rings. The normalized spacial score (nSPS) is 10.8. The van der Waals surface area contributed by atoms with E-state index in [1.165, 1.54) is 10.7 Å². The summed E-state index contributed by atoms with van der Waals surface area (Å²) in [5.41, 5.74) is 1.25. The summed E-state index contributed by atoms with van der Waals surface area (Å²) < 4.78 is 1.80. The lowest BCUT2D eigenvalue weighted by Gasteiger charge is -2.00. The molecule has 0 bridgehead atoms. The molecular weight excluding hydrogens is 224 g/mol. The Balaban J connectivity index is 2.94. The standard InChI is InChI=1S/C6H5BrN4O/c1-3-5(7)6(12)11-4(9-3)2-8-10-11/h2,12H,1H3. The van der Waals surface area contributed by atoms with Gasteiger partial charge in [0, 0.05) is 0 Å². The topological polar surface area (TPSA) is 63.3 Å². The van der Waals surface area contributed by atoms with E-state index in [-0.39, 0.29) is 5.88 Å². The van der Waals surface area contributed by atoms with Gasteiger partial charge in [-0.1, -0.05) is 5.21 Å². The minimum Gasteiger partial charge on any atom is -0.492 e. The SMILES string of the molecule is Cc1nc2cnnn2c(O)c1Br. The lowest BCUT2D eigenvalue weighted by atomic mass is 10.4. The summed E-state index contributed by atoms with van der Waals surface area (Å²) in [7, 11) is 0. The molecule has 2 aromatic rings. The first kappa shape index (κ1) is 7.48. The predicted molar refractivity (Wildman–Crippen MR) is 44.9 cm³/mol. The van der Waals surface area contributed by atoms with Crippen LogP contribution in [0.4, 0.5) is 0 Å². The predicted octanol–water partition coefficient (Wildman–Crippen LogP) is 0.901. The van der Waals surface area contributed by atoms with Gasteiger partial charge in [0.05, 0.1) is 11.9 Å². The number of halogens is 1. The van der Waals surface area contributed by atoms with Crippen LogP contribution in [-0.2, 0) is 0 Å². The van der Waals surface area contributed by atoms with Crippen LogP contribution in [0, 0.1) is 6.92 Å². The van der Waals surface area contributed by atoms with Crippen LogP contribution < -0.4 is 0 Å². The highest BCUT2D eigenvalue weighted by atomic mass is 79.9. The van der Waals surface area contributed by atoms with E-state index in [0.717, 1.165) is 0 Å². The van der Waals surface area contributed by atoms with Gasteiger partial charge in [-0.05, 0) is 22.9 Å². The molecule has 5 nitrogen and oxygen atoms in total. The Morgan fingerprint density at radius 1 is 1.58 bits per heavy atom. The zero-order valence-electron chi connectivity index (χ0n) is 6.19. The van der Waals surface area contributed by atoms with E-state index in [1.807, 2.05) is 0 Å². The molecule has 0 unspecified atom stereocenters. The van der Waals surface area contributed by atoms with Crippen molar-refractivity contribution >= 4 is 21.6 Å². The first-order valence-corrected chi connectivity index (χ1v) is 4.05. The van der Waals surface area contributed by atoms with E-state index in [9.17, 15) is 5.11 Å². The second kappa shape index (κ2) is 2.41. The van der Waals surface area contributed by atoms with E-state index >= 15 is 0 Å². The minimum absolute atomic E-state index is 0.0231. The maximum absolute atomic E-state index is 9.50. The van der Waals surface area contributed by atoms with Gasteiger partial charge in [0.25, 0.3) is 0 Å². The molecule has 0 atom stereocenters. The third-order valence-corrected chi connectivity index (χ3v) is 2.46. The highest BCUT2D eigenvalue weighted by molar-refractivity contribution is 9.10. The number of nitrogens with zero attached hydrogens (tertiary/aromatic N) is 4. The molecule has 0 radical (unpaired) electrons. The highest BCUT2D eigenvalue weighted by Crippen LogP contribution is 2.25. The van der Waals surface area contributed by atoms with Gasteiger partial charge < -0.3 is 5.11 Å². The van der Waals surface area contributed by atoms with Gasteiger partial charge in [0.15, 0.2) is 5.65 Å². The molecule has 0 spiro atoms. The van der Waals surface area contributed by atoms with Gasteiger partial charge in [0.1, 0.15) is 4.47 Å². The summed E-state index contributed by atoms with van der Waals surface area (Å²) in [6, 6.07) is 0. The summed E-state index contributed by atoms with van der Waals surface area (Å²) in [5.74, 6) is 0.0231. The second-order valence-electron chi connectivity index (χ2n) is 2.34. The number of aromatic nitrogens is 4. The highest BCUT2D eigenvalue weighted by Gasteiger charge is 2.09. The monoisotopic (exact) mass is 228 g/mol. The molecule has 0 saturated carbocycles. The largest absolute Gasteiger partial charge is 0.492 e. The zero-order valence-corrected chi connectivity index (χ0v) is 7.78. The van der Waals surface area contributed by atoms with Crippen LogP contribution in [0.25, 0.3) is 5.65 Å². The number of fused-ring (bicyclic) bond motifs is 1. The Kier molecular flexibility index (Phi) is 1.50. The molecule has 0 saturated heterocycles. The summed E-state index contributed by atoms with van der Waals surface area (Å²) in [6.45, 7) is 1.79. The maximum atomic E-state index is 9.50. The smallest absolute Gasteiger partial charge is 0.232 e. The summed E-state index contributed by atoms with van der Waals surface area (Å²) in [4.78, 5) is 4.13. The van der Waals surface area contributed by atoms with Crippen molar-refractivity contribution in [3.05, 3.63) is 16.4 Å². The fraction of sp³-hybridized carbons (Fsp3) is 0.167. The molecule has 1 N–H and O–H groups in total. The van der Waals surface area contributed by atoms with Crippen LogP contribution in [0.5, 0.6) is 5.88 Å². The van der Waals surface area contributed by atoms with Crippen molar-refractivity contribution in [1.29, 1.82) is 0 Å². The minimum atomic E-state index is 0.0231. The molecule has 0 fully saturated rings. The first-order valence-electron chi connectivity index (χ1n) is 3.25. The molecule has 0 aromatic carbocycles. The van der Waals surface area contributed by atoms with Gasteiger partial charge >= 0.3 is 0 Å². The fourth-order valence-electron chi connectivity index (χ4n) is 0.932. The average molecular weight is 229 g/mol. The van der Waals surface area contributed by atoms with Crippen molar-refractivity contribution in [1.82, 2.24) is 19.8 Å². The van der Waals surface area contributed by atoms with Crippen LogP contribution in [0.2, 0.25) is 0 Å². The van der Waals surface area contributed by atoms with E-state index in [4.69, 9.17) is 0 Å². The second-order valence-corrected chi connectivity index (χ2v) is 3.13. The van der Waals surface area contributed by atoms with Gasteiger partial charge in [-0.15, -0.1) is 5.10 Å². The molecule has 6 heteroatoms. The number of hydrogen-bond donors (Lipinski definition) is 1. The third-order valence-electron chi connectivity index (χ3n) is 1.53. The summed E-state index contributed by atoms with van der Waals surface area (Å²) in [5, 5.41) is 16.8. The summed E-state index contributed by atoms with van der Waals surface area (Å²) >= 11 is 3.18. The number of aryl methyl sites for hydroxylation is 1. The van der Waals surface area contributed by atoms with Crippen LogP contribution >= 0.6 is 15.9 Å². The Hall–Kier alpha value is -1.17. The first-order chi connectivity index (χ1) is 5.70. The quantitative estimate of drug-likeness (QED) is 0.728. The van der Waals surface area contributed by atoms with Crippen LogP contribution in [-0.4, -0.2) is 24.9 Å². The van der Waals surface area contributed by atoms with Crippen LogP contribution in [0.1, 0.15) is 5.69 Å². The van der Waals surface area contributed by atoms with Crippen molar-refractivity contribution in [3.63, 3.8) is 0 Å². The molecule has 62 valence electrons. The molecule has 2 aromatic heterocycles. The Bertz CT molecular complexity index is 438. The molecule has 0 aliphatic carbocycles. The van der Waals surface area contributed by atoms with Crippen LogP contribution in [0.3, 0.4) is 0 Å². The molecule has 2 heterocycles. The van der Waals surface area contributed by atoms with Crippen molar-refractivity contribution in [3.8, 4) is 5.88 Å². The van der Waals surface area contributed by atoms with Crippen molar-refractivity contribution in [2.75, 3.05) is 0 Å². The molecular formula is C6H5BrN4O. The third kappa shape index (κ3) is 0.878. The van der Waals surface area contributed by atoms with Gasteiger partial charge in [-0.25, -0.2) is 4.98 Å². The van der Waals surface area contributed by atoms with E-state index in [1.54, 1.807) is 6.92 Å². The Labute approximate surface area is 76.2 Å². The van der Waals surface area contributed by atoms with Gasteiger partial charge in [-0.3, -0.25) is 0 Å². The Morgan fingerprint density at radius 3 is 3.08 bits per heavy atom. The molecule has 12 heavy (non-hydrogen) atoms. The maximum Gasteiger partial charge on any atom is 0.232 e. The number of aromatic hydroxyl groups is 1. The fourth-order valence-corrected chi connectivity index (χ4v) is 1.19. The molecule has 0 amide bonds. The molecule has 2 rings (SSSR count).